The van der Waals surface area contributed by atoms with Crippen LogP contribution in [-0.2, 0) is 22.4 Å². The number of aromatic nitrogens is 2. The van der Waals surface area contributed by atoms with Gasteiger partial charge in [-0.05, 0) is 73.2 Å². The number of ether oxygens (including phenoxy) is 1. The number of nitrogens with one attached hydrogen (secondary N) is 1. The number of esters is 1. The van der Waals surface area contributed by atoms with Crippen LogP contribution < -0.4 is 11.1 Å². The highest BCUT2D eigenvalue weighted by Gasteiger charge is 2.13. The van der Waals surface area contributed by atoms with Gasteiger partial charge in [0.1, 0.15) is 12.1 Å². The lowest BCUT2D eigenvalue weighted by Crippen LogP contribution is -2.30. The normalized spacial score (nSPS) is 11.0. The van der Waals surface area contributed by atoms with E-state index in [-0.39, 0.29) is 12.5 Å². The van der Waals surface area contributed by atoms with Gasteiger partial charge in [-0.1, -0.05) is 18.2 Å². The SMILES string of the molecule is COC(=O)CNC(=O)c1ccc(CCc2ccnc3c(N)nc4cc(C)ccc4c23)c(C)c1. The molecule has 0 bridgehead atoms. The number of nitrogen functional groups attached to an aromatic ring is 1. The Morgan fingerprint density at radius 1 is 1.03 bits per heavy atom. The molecule has 2 heterocycles. The van der Waals surface area contributed by atoms with Crippen molar-refractivity contribution in [2.45, 2.75) is 26.7 Å². The van der Waals surface area contributed by atoms with E-state index in [0.717, 1.165) is 56.9 Å². The minimum atomic E-state index is -0.486. The first kappa shape index (κ1) is 22.2. The number of carbonyl (C=O) groups excluding carboxylic acids is 2. The molecule has 1 amide bonds. The standard InChI is InChI=1S/C26H26N4O3/c1-15-4-9-20-21(12-15)30-25(27)24-23(20)18(10-11-28-24)7-5-17-6-8-19(13-16(17)2)26(32)29-14-22(31)33-3/h4,6,8-13H,5,7,14H2,1-3H3,(H2,27,30)(H,29,32). The second-order valence-corrected chi connectivity index (χ2v) is 8.11. The molecule has 0 fully saturated rings. The first-order chi connectivity index (χ1) is 15.9. The van der Waals surface area contributed by atoms with Gasteiger partial charge in [0.2, 0.25) is 0 Å². The molecule has 2 aromatic carbocycles. The average molecular weight is 443 g/mol. The number of benzene rings is 2. The van der Waals surface area contributed by atoms with Crippen LogP contribution in [0.1, 0.15) is 32.6 Å². The number of carbonyl (C=O) groups is 2. The number of hydrogen-bond donors (Lipinski definition) is 2. The molecule has 0 atom stereocenters. The molecule has 33 heavy (non-hydrogen) atoms. The Bertz CT molecular complexity index is 1380. The molecular weight excluding hydrogens is 416 g/mol. The predicted molar refractivity (Wildman–Crippen MR) is 129 cm³/mol. The van der Waals surface area contributed by atoms with Crippen LogP contribution in [0.15, 0.2) is 48.7 Å². The van der Waals surface area contributed by atoms with Gasteiger partial charge >= 0.3 is 5.97 Å². The van der Waals surface area contributed by atoms with Crippen LogP contribution in [0, 0.1) is 13.8 Å². The molecule has 0 unspecified atom stereocenters. The average Bonchev–Trinajstić information content (AvgIpc) is 2.81. The molecule has 0 radical (unpaired) electrons. The Hall–Kier alpha value is -4.00. The lowest BCUT2D eigenvalue weighted by atomic mass is 9.95. The molecule has 0 saturated carbocycles. The third kappa shape index (κ3) is 4.62. The van der Waals surface area contributed by atoms with Gasteiger partial charge in [-0.2, -0.15) is 0 Å². The molecule has 0 aliphatic carbocycles. The fourth-order valence-corrected chi connectivity index (χ4v) is 4.05. The van der Waals surface area contributed by atoms with E-state index >= 15 is 0 Å². The van der Waals surface area contributed by atoms with Gasteiger partial charge in [-0.25, -0.2) is 4.98 Å². The van der Waals surface area contributed by atoms with Gasteiger partial charge in [0.15, 0.2) is 5.82 Å². The third-order valence-corrected chi connectivity index (χ3v) is 5.83. The summed E-state index contributed by atoms with van der Waals surface area (Å²) in [6.07, 6.45) is 3.36. The van der Waals surface area contributed by atoms with E-state index in [1.807, 2.05) is 38.1 Å². The van der Waals surface area contributed by atoms with Gasteiger partial charge in [0, 0.05) is 22.5 Å². The fraction of sp³-hybridized carbons (Fsp3) is 0.231. The zero-order valence-corrected chi connectivity index (χ0v) is 18.9. The molecule has 0 saturated heterocycles. The lowest BCUT2D eigenvalue weighted by molar-refractivity contribution is -0.139. The second-order valence-electron chi connectivity index (χ2n) is 8.11. The third-order valence-electron chi connectivity index (χ3n) is 5.83. The molecule has 2 aromatic heterocycles. The summed E-state index contributed by atoms with van der Waals surface area (Å²) in [5.74, 6) is -0.358. The number of nitrogens with zero attached hydrogens (tertiary/aromatic N) is 2. The lowest BCUT2D eigenvalue weighted by Gasteiger charge is -2.13. The highest BCUT2D eigenvalue weighted by atomic mass is 16.5. The summed E-state index contributed by atoms with van der Waals surface area (Å²) in [6.45, 7) is 3.86. The van der Waals surface area contributed by atoms with Crippen LogP contribution in [0.3, 0.4) is 0 Å². The summed E-state index contributed by atoms with van der Waals surface area (Å²) in [7, 11) is 1.29. The van der Waals surface area contributed by atoms with Crippen molar-refractivity contribution in [2.24, 2.45) is 0 Å². The molecule has 0 aliphatic rings. The van der Waals surface area contributed by atoms with Crippen molar-refractivity contribution in [3.63, 3.8) is 0 Å². The van der Waals surface area contributed by atoms with Crippen LogP contribution in [-0.4, -0.2) is 35.5 Å². The van der Waals surface area contributed by atoms with Gasteiger partial charge < -0.3 is 15.8 Å². The van der Waals surface area contributed by atoms with E-state index in [1.165, 1.54) is 7.11 Å². The number of aryl methyl sites for hydroxylation is 4. The first-order valence-electron chi connectivity index (χ1n) is 10.8. The number of rotatable bonds is 6. The van der Waals surface area contributed by atoms with E-state index in [9.17, 15) is 9.59 Å². The summed E-state index contributed by atoms with van der Waals surface area (Å²) in [5, 5.41) is 4.64. The summed E-state index contributed by atoms with van der Waals surface area (Å²) >= 11 is 0. The Morgan fingerprint density at radius 3 is 2.58 bits per heavy atom. The first-order valence-corrected chi connectivity index (χ1v) is 10.8. The highest BCUT2D eigenvalue weighted by Crippen LogP contribution is 2.30. The molecule has 0 spiro atoms. The van der Waals surface area contributed by atoms with Crippen LogP contribution >= 0.6 is 0 Å². The number of pyridine rings is 2. The second kappa shape index (κ2) is 9.24. The van der Waals surface area contributed by atoms with Crippen LogP contribution in [0.5, 0.6) is 0 Å². The number of amides is 1. The minimum Gasteiger partial charge on any atom is -0.468 e. The molecule has 4 aromatic rings. The van der Waals surface area contributed by atoms with E-state index in [2.05, 4.69) is 32.2 Å². The van der Waals surface area contributed by atoms with Crippen LogP contribution in [0.25, 0.3) is 21.8 Å². The quantitative estimate of drug-likeness (QED) is 0.349. The van der Waals surface area contributed by atoms with Crippen molar-refractivity contribution in [1.29, 1.82) is 0 Å². The van der Waals surface area contributed by atoms with Crippen molar-refractivity contribution in [2.75, 3.05) is 19.4 Å². The van der Waals surface area contributed by atoms with E-state index in [4.69, 9.17) is 5.73 Å². The number of anilines is 1. The van der Waals surface area contributed by atoms with Gasteiger partial charge in [0.25, 0.3) is 5.91 Å². The van der Waals surface area contributed by atoms with Gasteiger partial charge in [-0.3, -0.25) is 14.6 Å². The smallest absolute Gasteiger partial charge is 0.325 e. The van der Waals surface area contributed by atoms with E-state index < -0.39 is 5.97 Å². The molecular formula is C26H26N4O3. The van der Waals surface area contributed by atoms with Crippen molar-refractivity contribution < 1.29 is 14.3 Å². The van der Waals surface area contributed by atoms with Crippen LogP contribution in [0.2, 0.25) is 0 Å². The zero-order valence-electron chi connectivity index (χ0n) is 18.9. The highest BCUT2D eigenvalue weighted by molar-refractivity contribution is 6.09. The Kier molecular flexibility index (Phi) is 6.22. The predicted octanol–water partition coefficient (Wildman–Crippen LogP) is 3.67. The Balaban J connectivity index is 1.59. The van der Waals surface area contributed by atoms with Crippen molar-refractivity contribution in [3.8, 4) is 0 Å². The molecule has 168 valence electrons. The van der Waals surface area contributed by atoms with Crippen molar-refractivity contribution in [1.82, 2.24) is 15.3 Å². The Labute approximate surface area is 192 Å². The summed E-state index contributed by atoms with van der Waals surface area (Å²) < 4.78 is 4.55. The minimum absolute atomic E-state index is 0.156. The largest absolute Gasteiger partial charge is 0.468 e. The maximum Gasteiger partial charge on any atom is 0.325 e. The zero-order chi connectivity index (χ0) is 23.5. The topological polar surface area (TPSA) is 107 Å². The van der Waals surface area contributed by atoms with Crippen molar-refractivity contribution >= 4 is 39.5 Å². The summed E-state index contributed by atoms with van der Waals surface area (Å²) in [6, 6.07) is 13.8. The maximum atomic E-state index is 12.3. The van der Waals surface area contributed by atoms with Crippen LogP contribution in [0.4, 0.5) is 5.82 Å². The monoisotopic (exact) mass is 442 g/mol. The maximum absolute atomic E-state index is 12.3. The van der Waals surface area contributed by atoms with E-state index in [1.54, 1.807) is 12.3 Å². The number of fused-ring (bicyclic) bond motifs is 3. The number of nitrogens with two attached hydrogens (primary N) is 1. The van der Waals surface area contributed by atoms with Crippen molar-refractivity contribution in [3.05, 3.63) is 76.5 Å². The summed E-state index contributed by atoms with van der Waals surface area (Å²) in [5.41, 5.74) is 12.8. The number of methoxy groups -OCH3 is 1. The van der Waals surface area contributed by atoms with Gasteiger partial charge in [0.05, 0.1) is 12.6 Å². The fourth-order valence-electron chi connectivity index (χ4n) is 4.05. The molecule has 0 aliphatic heterocycles. The summed E-state index contributed by atoms with van der Waals surface area (Å²) in [4.78, 5) is 32.6. The molecule has 7 nitrogen and oxygen atoms in total. The molecule has 7 heteroatoms. The van der Waals surface area contributed by atoms with E-state index in [0.29, 0.717) is 11.4 Å². The molecule has 3 N–H and O–H groups in total. The Morgan fingerprint density at radius 2 is 1.82 bits per heavy atom. The molecule has 4 rings (SSSR count). The van der Waals surface area contributed by atoms with Gasteiger partial charge in [-0.15, -0.1) is 0 Å². The number of hydrogen-bond acceptors (Lipinski definition) is 6.